The first-order valence-electron chi connectivity index (χ1n) is 15.4. The van der Waals surface area contributed by atoms with Gasteiger partial charge in [0.2, 0.25) is 0 Å². The van der Waals surface area contributed by atoms with E-state index in [1.807, 2.05) is 29.5 Å². The average molecular weight is 626 g/mol. The Hall–Kier alpha value is -5.35. The summed E-state index contributed by atoms with van der Waals surface area (Å²) in [7, 11) is 0. The van der Waals surface area contributed by atoms with E-state index in [1.54, 1.807) is 0 Å². The lowest BCUT2D eigenvalue weighted by atomic mass is 9.96. The van der Waals surface area contributed by atoms with Gasteiger partial charge in [0.05, 0.1) is 16.1 Å². The van der Waals surface area contributed by atoms with Crippen molar-refractivity contribution >= 4 is 86.9 Å². The second-order valence-corrected chi connectivity index (χ2v) is 13.2. The predicted octanol–water partition coefficient (Wildman–Crippen LogP) is 13.0. The van der Waals surface area contributed by atoms with Gasteiger partial charge in [-0.1, -0.05) is 109 Å². The van der Waals surface area contributed by atoms with Crippen LogP contribution in [0.5, 0.6) is 0 Å². The summed E-state index contributed by atoms with van der Waals surface area (Å²) >= 11 is 9.27. The molecule has 10 aromatic rings. The molecule has 0 aliphatic rings. The van der Waals surface area contributed by atoms with Crippen LogP contribution in [-0.4, -0.2) is 4.57 Å². The van der Waals surface area contributed by atoms with Crippen molar-refractivity contribution in [3.05, 3.63) is 151 Å². The van der Waals surface area contributed by atoms with Gasteiger partial charge in [-0.25, -0.2) is 0 Å². The lowest BCUT2D eigenvalue weighted by molar-refractivity contribution is 0.669. The number of benzene rings is 7. The second kappa shape index (κ2) is 9.82. The van der Waals surface area contributed by atoms with E-state index in [4.69, 9.17) is 16.0 Å². The topological polar surface area (TPSA) is 18.1 Å². The molecule has 0 aliphatic heterocycles. The molecule has 3 aromatic heterocycles. The maximum absolute atomic E-state index is 7.44. The predicted molar refractivity (Wildman–Crippen MR) is 197 cm³/mol. The molecule has 7 aromatic carbocycles. The molecule has 46 heavy (non-hydrogen) atoms. The summed E-state index contributed by atoms with van der Waals surface area (Å²) in [4.78, 5) is 0. The molecule has 0 N–H and O–H groups in total. The van der Waals surface area contributed by atoms with E-state index in [0.717, 1.165) is 54.9 Å². The molecule has 0 saturated heterocycles. The van der Waals surface area contributed by atoms with Gasteiger partial charge in [-0.3, -0.25) is 0 Å². The van der Waals surface area contributed by atoms with Crippen molar-refractivity contribution in [1.82, 2.24) is 4.57 Å². The zero-order chi connectivity index (χ0) is 30.4. The number of para-hydroxylation sites is 3. The van der Waals surface area contributed by atoms with E-state index < -0.39 is 0 Å². The Morgan fingerprint density at radius 3 is 1.93 bits per heavy atom. The van der Waals surface area contributed by atoms with Crippen LogP contribution in [0.4, 0.5) is 0 Å². The van der Waals surface area contributed by atoms with E-state index in [2.05, 4.69) is 132 Å². The zero-order valence-electron chi connectivity index (χ0n) is 24.5. The van der Waals surface area contributed by atoms with Crippen molar-refractivity contribution in [2.24, 2.45) is 0 Å². The third kappa shape index (κ3) is 3.70. The molecule has 0 radical (unpaired) electrons. The number of hydrogen-bond donors (Lipinski definition) is 0. The number of fused-ring (bicyclic) bond motifs is 9. The SMILES string of the molecule is Clc1c(-c2ccc3c(c2)oc2ccccc23)cccc1-c1cc(-n2c3ccccc3c3ccccc32)cc2c1sc1ccccc12. The molecule has 0 atom stereocenters. The summed E-state index contributed by atoms with van der Waals surface area (Å²) in [5.41, 5.74) is 9.41. The minimum Gasteiger partial charge on any atom is -0.456 e. The minimum absolute atomic E-state index is 0.732. The molecule has 0 unspecified atom stereocenters. The number of thiophene rings is 1. The van der Waals surface area contributed by atoms with Crippen LogP contribution in [0.3, 0.4) is 0 Å². The first kappa shape index (κ1) is 25.9. The molecule has 0 saturated carbocycles. The van der Waals surface area contributed by atoms with E-state index >= 15 is 0 Å². The van der Waals surface area contributed by atoms with E-state index in [0.29, 0.717) is 0 Å². The van der Waals surface area contributed by atoms with Crippen molar-refractivity contribution in [3.63, 3.8) is 0 Å². The first-order valence-corrected chi connectivity index (χ1v) is 16.6. The first-order chi connectivity index (χ1) is 22.7. The van der Waals surface area contributed by atoms with Gasteiger partial charge in [0.1, 0.15) is 11.2 Å². The van der Waals surface area contributed by atoms with Crippen LogP contribution in [0.15, 0.2) is 150 Å². The molecule has 3 heterocycles. The summed E-state index contributed by atoms with van der Waals surface area (Å²) in [6.07, 6.45) is 0. The molecule has 10 rings (SSSR count). The Bertz CT molecular complexity index is 2780. The molecular weight excluding hydrogens is 602 g/mol. The summed E-state index contributed by atoms with van der Waals surface area (Å²) < 4.78 is 11.1. The maximum Gasteiger partial charge on any atom is 0.136 e. The Morgan fingerprint density at radius 1 is 0.478 bits per heavy atom. The summed E-state index contributed by atoms with van der Waals surface area (Å²) in [5, 5.41) is 7.95. The fourth-order valence-corrected chi connectivity index (χ4v) is 8.75. The molecule has 0 fully saturated rings. The van der Waals surface area contributed by atoms with Crippen molar-refractivity contribution in [1.29, 1.82) is 0 Å². The smallest absolute Gasteiger partial charge is 0.136 e. The van der Waals surface area contributed by atoms with E-state index in [9.17, 15) is 0 Å². The minimum atomic E-state index is 0.732. The highest BCUT2D eigenvalue weighted by Gasteiger charge is 2.20. The van der Waals surface area contributed by atoms with Crippen molar-refractivity contribution in [2.75, 3.05) is 0 Å². The largest absolute Gasteiger partial charge is 0.456 e. The number of rotatable bonds is 3. The van der Waals surface area contributed by atoms with Crippen LogP contribution in [0.2, 0.25) is 5.02 Å². The van der Waals surface area contributed by atoms with E-state index in [1.165, 1.54) is 42.0 Å². The molecular formula is C42H24ClNOS. The van der Waals surface area contributed by atoms with E-state index in [-0.39, 0.29) is 0 Å². The third-order valence-corrected chi connectivity index (χ3v) is 10.9. The highest BCUT2D eigenvalue weighted by Crippen LogP contribution is 2.46. The lowest BCUT2D eigenvalue weighted by Crippen LogP contribution is -1.95. The normalized spacial score (nSPS) is 12.0. The molecule has 0 amide bonds. The lowest BCUT2D eigenvalue weighted by Gasteiger charge is -2.15. The van der Waals surface area contributed by atoms with Crippen LogP contribution in [-0.2, 0) is 0 Å². The van der Waals surface area contributed by atoms with Crippen LogP contribution in [0.1, 0.15) is 0 Å². The average Bonchev–Trinajstić information content (AvgIpc) is 3.77. The van der Waals surface area contributed by atoms with Gasteiger partial charge in [0, 0.05) is 64.1 Å². The van der Waals surface area contributed by atoms with Gasteiger partial charge in [0.15, 0.2) is 0 Å². The highest BCUT2D eigenvalue weighted by atomic mass is 35.5. The van der Waals surface area contributed by atoms with Crippen LogP contribution >= 0.6 is 22.9 Å². The number of nitrogens with zero attached hydrogens (tertiary/aromatic N) is 1. The number of halogens is 1. The fourth-order valence-electron chi connectivity index (χ4n) is 7.20. The maximum atomic E-state index is 7.44. The molecule has 0 bridgehead atoms. The van der Waals surface area contributed by atoms with Gasteiger partial charge in [-0.05, 0) is 54.1 Å². The molecule has 0 spiro atoms. The van der Waals surface area contributed by atoms with Crippen molar-refractivity contribution < 1.29 is 4.42 Å². The fraction of sp³-hybridized carbons (Fsp3) is 0. The molecule has 4 heteroatoms. The van der Waals surface area contributed by atoms with Gasteiger partial charge in [0.25, 0.3) is 0 Å². The molecule has 216 valence electrons. The van der Waals surface area contributed by atoms with Crippen LogP contribution < -0.4 is 0 Å². The monoisotopic (exact) mass is 625 g/mol. The molecule has 2 nitrogen and oxygen atoms in total. The summed E-state index contributed by atoms with van der Waals surface area (Å²) in [6.45, 7) is 0. The summed E-state index contributed by atoms with van der Waals surface area (Å²) in [5.74, 6) is 0. The second-order valence-electron chi connectivity index (χ2n) is 11.8. The van der Waals surface area contributed by atoms with Crippen molar-refractivity contribution in [3.8, 4) is 27.9 Å². The standard InChI is InChI=1S/C42H24ClNOS/c43-41-27(25-20-21-31-30-12-3-7-18-38(30)45-39(31)22-25)14-9-15-33(41)35-24-26(23-34-32-13-4-8-19-40(32)46-42(34)35)44-36-16-5-1-10-28(36)29-11-2-6-17-37(29)44/h1-24H. The number of furan rings is 1. The summed E-state index contributed by atoms with van der Waals surface area (Å²) in [6, 6.07) is 51.7. The van der Waals surface area contributed by atoms with Crippen molar-refractivity contribution in [2.45, 2.75) is 0 Å². The van der Waals surface area contributed by atoms with Gasteiger partial charge < -0.3 is 8.98 Å². The van der Waals surface area contributed by atoms with Crippen LogP contribution in [0, 0.1) is 0 Å². The van der Waals surface area contributed by atoms with Gasteiger partial charge in [-0.2, -0.15) is 0 Å². The van der Waals surface area contributed by atoms with Gasteiger partial charge in [-0.15, -0.1) is 11.3 Å². The quantitative estimate of drug-likeness (QED) is 0.191. The Labute approximate surface area is 273 Å². The highest BCUT2D eigenvalue weighted by molar-refractivity contribution is 7.26. The number of hydrogen-bond acceptors (Lipinski definition) is 2. The Morgan fingerprint density at radius 2 is 1.13 bits per heavy atom. The van der Waals surface area contributed by atoms with Crippen LogP contribution in [0.25, 0.3) is 91.9 Å². The van der Waals surface area contributed by atoms with Gasteiger partial charge >= 0.3 is 0 Å². The molecule has 0 aliphatic carbocycles. The Kier molecular flexibility index (Phi) is 5.54. The Balaban J connectivity index is 1.25. The number of aromatic nitrogens is 1. The third-order valence-electron chi connectivity index (χ3n) is 9.28. The zero-order valence-corrected chi connectivity index (χ0v) is 26.1.